The molecule has 2 amide bonds. The summed E-state index contributed by atoms with van der Waals surface area (Å²) in [5.74, 6) is 0. The molecule has 6 heteroatoms. The first-order valence-electron chi connectivity index (χ1n) is 9.17. The minimum atomic E-state index is -0.280. The van der Waals surface area contributed by atoms with Crippen LogP contribution in [0.1, 0.15) is 30.4 Å². The summed E-state index contributed by atoms with van der Waals surface area (Å²) in [6.45, 7) is 3.37. The Balaban J connectivity index is 1.33. The number of benzene rings is 2. The summed E-state index contributed by atoms with van der Waals surface area (Å²) in [4.78, 5) is 20.2. The van der Waals surface area contributed by atoms with Crippen molar-refractivity contribution in [2.45, 2.75) is 31.8 Å². The van der Waals surface area contributed by atoms with E-state index in [-0.39, 0.29) is 11.6 Å². The number of hydrogen-bond acceptors (Lipinski definition) is 3. The van der Waals surface area contributed by atoms with Crippen LogP contribution in [0.3, 0.4) is 0 Å². The standard InChI is InChI=1S/C21H22ClN3O2/c1-15-2-4-16(5-3-15)19-14-21(27-24-19)10-12-25(13-11-21)20(26)23-18-8-6-17(22)7-9-18/h2-9H,10-14H2,1H3,(H,23,26). The number of amides is 2. The molecule has 1 fully saturated rings. The van der Waals surface area contributed by atoms with Crippen molar-refractivity contribution in [1.82, 2.24) is 4.90 Å². The smallest absolute Gasteiger partial charge is 0.321 e. The number of aryl methyl sites for hydroxylation is 1. The van der Waals surface area contributed by atoms with Crippen LogP contribution >= 0.6 is 11.6 Å². The van der Waals surface area contributed by atoms with Gasteiger partial charge in [0.1, 0.15) is 5.60 Å². The molecule has 2 aromatic carbocycles. The van der Waals surface area contributed by atoms with Crippen molar-refractivity contribution in [2.24, 2.45) is 5.16 Å². The molecule has 1 saturated heterocycles. The monoisotopic (exact) mass is 383 g/mol. The number of halogens is 1. The molecule has 2 heterocycles. The Morgan fingerprint density at radius 3 is 2.44 bits per heavy atom. The Labute approximate surface area is 163 Å². The van der Waals surface area contributed by atoms with Crippen molar-refractivity contribution < 1.29 is 9.63 Å². The van der Waals surface area contributed by atoms with Crippen LogP contribution in [0.4, 0.5) is 10.5 Å². The lowest BCUT2D eigenvalue weighted by Crippen LogP contribution is -2.48. The molecule has 0 atom stereocenters. The highest BCUT2D eigenvalue weighted by molar-refractivity contribution is 6.30. The molecule has 1 spiro atoms. The number of likely N-dealkylation sites (tertiary alicyclic amines) is 1. The quantitative estimate of drug-likeness (QED) is 0.806. The van der Waals surface area contributed by atoms with Crippen LogP contribution in [-0.2, 0) is 4.84 Å². The number of carbonyl (C=O) groups excluding carboxylic acids is 1. The fourth-order valence-corrected chi connectivity index (χ4v) is 3.67. The van der Waals surface area contributed by atoms with Crippen molar-refractivity contribution >= 4 is 29.0 Å². The van der Waals surface area contributed by atoms with E-state index in [0.29, 0.717) is 18.1 Å². The van der Waals surface area contributed by atoms with Gasteiger partial charge in [0.25, 0.3) is 0 Å². The molecule has 0 radical (unpaired) electrons. The number of oxime groups is 1. The zero-order valence-electron chi connectivity index (χ0n) is 15.2. The van der Waals surface area contributed by atoms with Crippen molar-refractivity contribution in [1.29, 1.82) is 0 Å². The molecule has 0 aromatic heterocycles. The van der Waals surface area contributed by atoms with Crippen molar-refractivity contribution in [3.63, 3.8) is 0 Å². The van der Waals surface area contributed by atoms with Gasteiger partial charge in [-0.05, 0) is 36.8 Å². The van der Waals surface area contributed by atoms with Gasteiger partial charge in [-0.2, -0.15) is 0 Å². The predicted octanol–water partition coefficient (Wildman–Crippen LogP) is 4.84. The van der Waals surface area contributed by atoms with Crippen LogP contribution in [0, 0.1) is 6.92 Å². The van der Waals surface area contributed by atoms with Crippen molar-refractivity contribution in [3.8, 4) is 0 Å². The first-order chi connectivity index (χ1) is 13.0. The lowest BCUT2D eigenvalue weighted by molar-refractivity contribution is -0.0544. The highest BCUT2D eigenvalue weighted by Crippen LogP contribution is 2.36. The molecule has 4 rings (SSSR count). The van der Waals surface area contributed by atoms with Gasteiger partial charge in [-0.15, -0.1) is 0 Å². The maximum atomic E-state index is 12.5. The van der Waals surface area contributed by atoms with E-state index in [1.54, 1.807) is 24.3 Å². The predicted molar refractivity (Wildman–Crippen MR) is 107 cm³/mol. The fraction of sp³-hybridized carbons (Fsp3) is 0.333. The number of carbonyl (C=O) groups is 1. The van der Waals surface area contributed by atoms with Crippen molar-refractivity contribution in [2.75, 3.05) is 18.4 Å². The highest BCUT2D eigenvalue weighted by atomic mass is 35.5. The summed E-state index contributed by atoms with van der Waals surface area (Å²) in [6.07, 6.45) is 2.35. The van der Waals surface area contributed by atoms with E-state index < -0.39 is 0 Å². The van der Waals surface area contributed by atoms with E-state index in [4.69, 9.17) is 16.4 Å². The zero-order chi connectivity index (χ0) is 18.9. The SMILES string of the molecule is Cc1ccc(C2=NOC3(CCN(C(=O)Nc4ccc(Cl)cc4)CC3)C2)cc1. The van der Waals surface area contributed by atoms with Crippen LogP contribution in [0.15, 0.2) is 53.7 Å². The largest absolute Gasteiger partial charge is 0.388 e. The summed E-state index contributed by atoms with van der Waals surface area (Å²) < 4.78 is 0. The molecule has 2 aliphatic heterocycles. The summed E-state index contributed by atoms with van der Waals surface area (Å²) in [6, 6.07) is 15.4. The van der Waals surface area contributed by atoms with Crippen LogP contribution in [0.5, 0.6) is 0 Å². The Kier molecular flexibility index (Phi) is 4.79. The van der Waals surface area contributed by atoms with Gasteiger partial charge in [0, 0.05) is 43.1 Å². The van der Waals surface area contributed by atoms with Gasteiger partial charge < -0.3 is 15.1 Å². The lowest BCUT2D eigenvalue weighted by atomic mass is 9.85. The van der Waals surface area contributed by atoms with Crippen LogP contribution in [0.25, 0.3) is 0 Å². The molecule has 2 aromatic rings. The van der Waals surface area contributed by atoms with Gasteiger partial charge >= 0.3 is 6.03 Å². The molecular formula is C21H22ClN3O2. The van der Waals surface area contributed by atoms with Gasteiger partial charge in [0.2, 0.25) is 0 Å². The number of nitrogens with one attached hydrogen (secondary N) is 1. The van der Waals surface area contributed by atoms with E-state index in [2.05, 4.69) is 41.7 Å². The lowest BCUT2D eigenvalue weighted by Gasteiger charge is -2.37. The molecule has 0 saturated carbocycles. The van der Waals surface area contributed by atoms with Gasteiger partial charge in [0.15, 0.2) is 0 Å². The first-order valence-corrected chi connectivity index (χ1v) is 9.54. The van der Waals surface area contributed by atoms with Gasteiger partial charge in [-0.3, -0.25) is 0 Å². The second-order valence-corrected chi connectivity index (χ2v) is 7.72. The van der Waals surface area contributed by atoms with E-state index in [1.165, 1.54) is 5.56 Å². The number of urea groups is 1. The van der Waals surface area contributed by atoms with Gasteiger partial charge in [-0.25, -0.2) is 4.79 Å². The average molecular weight is 384 g/mol. The topological polar surface area (TPSA) is 53.9 Å². The Morgan fingerprint density at radius 1 is 1.11 bits per heavy atom. The van der Waals surface area contributed by atoms with E-state index in [0.717, 1.165) is 36.2 Å². The molecular weight excluding hydrogens is 362 g/mol. The molecule has 2 aliphatic rings. The maximum Gasteiger partial charge on any atom is 0.321 e. The molecule has 1 N–H and O–H groups in total. The Hall–Kier alpha value is -2.53. The Morgan fingerprint density at radius 2 is 1.78 bits per heavy atom. The van der Waals surface area contributed by atoms with E-state index in [1.807, 2.05) is 4.90 Å². The summed E-state index contributed by atoms with van der Waals surface area (Å²) >= 11 is 5.88. The summed E-state index contributed by atoms with van der Waals surface area (Å²) in [5.41, 5.74) is 3.80. The molecule has 5 nitrogen and oxygen atoms in total. The fourth-order valence-electron chi connectivity index (χ4n) is 3.54. The minimum Gasteiger partial charge on any atom is -0.388 e. The second kappa shape index (κ2) is 7.24. The third-order valence-corrected chi connectivity index (χ3v) is 5.53. The number of hydrogen-bond donors (Lipinski definition) is 1. The number of nitrogens with zero attached hydrogens (tertiary/aromatic N) is 2. The Bertz CT molecular complexity index is 854. The molecule has 140 valence electrons. The highest BCUT2D eigenvalue weighted by Gasteiger charge is 2.43. The van der Waals surface area contributed by atoms with Crippen LogP contribution in [-0.4, -0.2) is 35.3 Å². The van der Waals surface area contributed by atoms with E-state index in [9.17, 15) is 4.79 Å². The molecule has 27 heavy (non-hydrogen) atoms. The normalized spacial score (nSPS) is 18.1. The van der Waals surface area contributed by atoms with Crippen LogP contribution < -0.4 is 5.32 Å². The minimum absolute atomic E-state index is 0.0927. The number of piperidine rings is 1. The zero-order valence-corrected chi connectivity index (χ0v) is 16.0. The molecule has 0 bridgehead atoms. The molecule has 0 aliphatic carbocycles. The third kappa shape index (κ3) is 3.93. The first kappa shape index (κ1) is 17.9. The van der Waals surface area contributed by atoms with Gasteiger partial charge in [-0.1, -0.05) is 46.6 Å². The summed E-state index contributed by atoms with van der Waals surface area (Å²) in [5, 5.41) is 7.91. The second-order valence-electron chi connectivity index (χ2n) is 7.28. The van der Waals surface area contributed by atoms with E-state index >= 15 is 0 Å². The molecule has 0 unspecified atom stereocenters. The van der Waals surface area contributed by atoms with Crippen molar-refractivity contribution in [3.05, 3.63) is 64.7 Å². The third-order valence-electron chi connectivity index (χ3n) is 5.28. The number of rotatable bonds is 2. The average Bonchev–Trinajstić information content (AvgIpc) is 3.08. The van der Waals surface area contributed by atoms with Gasteiger partial charge in [0.05, 0.1) is 5.71 Å². The maximum absolute atomic E-state index is 12.5. The van der Waals surface area contributed by atoms with Crippen LogP contribution in [0.2, 0.25) is 5.02 Å². The number of anilines is 1. The summed E-state index contributed by atoms with van der Waals surface area (Å²) in [7, 11) is 0.